The van der Waals surface area contributed by atoms with E-state index in [9.17, 15) is 9.59 Å². The van der Waals surface area contributed by atoms with Crippen LogP contribution < -0.4 is 0 Å². The molecule has 0 bridgehead atoms. The summed E-state index contributed by atoms with van der Waals surface area (Å²) in [5.41, 5.74) is 1.35. The summed E-state index contributed by atoms with van der Waals surface area (Å²) >= 11 is 0. The molecule has 134 valence electrons. The first-order chi connectivity index (χ1) is 11.3. The fourth-order valence-corrected chi connectivity index (χ4v) is 2.43. The minimum absolute atomic E-state index is 0.0698. The first-order valence-electron chi connectivity index (χ1n) is 8.30. The van der Waals surface area contributed by atoms with E-state index >= 15 is 0 Å². The van der Waals surface area contributed by atoms with E-state index in [1.165, 1.54) is 0 Å². The van der Waals surface area contributed by atoms with Gasteiger partial charge in [0.1, 0.15) is 11.9 Å². The van der Waals surface area contributed by atoms with Gasteiger partial charge in [-0.3, -0.25) is 4.90 Å². The average Bonchev–Trinajstić information content (AvgIpc) is 2.49. The van der Waals surface area contributed by atoms with Gasteiger partial charge in [0.2, 0.25) is 0 Å². The van der Waals surface area contributed by atoms with Crippen molar-refractivity contribution >= 4 is 12.4 Å². The average molecular weight is 335 g/mol. The van der Waals surface area contributed by atoms with Gasteiger partial charge in [-0.05, 0) is 38.3 Å². The Kier molecular flexibility index (Phi) is 7.92. The van der Waals surface area contributed by atoms with Crippen molar-refractivity contribution in [2.75, 3.05) is 13.7 Å². The van der Waals surface area contributed by atoms with Crippen LogP contribution in [0.1, 0.15) is 45.2 Å². The van der Waals surface area contributed by atoms with Crippen molar-refractivity contribution < 1.29 is 19.1 Å². The Hall–Kier alpha value is -1.88. The molecule has 5 heteroatoms. The van der Waals surface area contributed by atoms with E-state index in [0.29, 0.717) is 19.6 Å². The molecule has 0 aliphatic heterocycles. The van der Waals surface area contributed by atoms with E-state index < -0.39 is 5.60 Å². The molecule has 5 nitrogen and oxygen atoms in total. The Labute approximate surface area is 144 Å². The second kappa shape index (κ2) is 9.42. The van der Waals surface area contributed by atoms with Crippen molar-refractivity contribution in [2.45, 2.75) is 58.7 Å². The van der Waals surface area contributed by atoms with E-state index in [1.54, 1.807) is 12.0 Å². The fraction of sp³-hybridized carbons (Fsp3) is 0.579. The summed E-state index contributed by atoms with van der Waals surface area (Å²) in [7, 11) is 1.63. The van der Waals surface area contributed by atoms with Crippen molar-refractivity contribution in [3.05, 3.63) is 35.4 Å². The number of benzene rings is 1. The maximum Gasteiger partial charge on any atom is 0.410 e. The normalized spacial score (nSPS) is 12.5. The molecule has 1 amide bonds. The second-order valence-electron chi connectivity index (χ2n) is 6.82. The number of carbonyl (C=O) groups excluding carboxylic acids is 2. The Bertz CT molecular complexity index is 536. The van der Waals surface area contributed by atoms with Crippen LogP contribution in [0.25, 0.3) is 0 Å². The van der Waals surface area contributed by atoms with Crippen LogP contribution in [0.4, 0.5) is 4.79 Å². The molecule has 1 aromatic rings. The maximum absolute atomic E-state index is 12.6. The highest BCUT2D eigenvalue weighted by atomic mass is 16.6. The van der Waals surface area contributed by atoms with Crippen molar-refractivity contribution in [3.8, 4) is 0 Å². The number of amides is 1. The Balaban J connectivity index is 3.01. The SMILES string of the molecule is CCC(COC)N(Cc1cccc(CC=O)c1)C(=O)OC(C)(C)C. The molecular weight excluding hydrogens is 306 g/mol. The highest BCUT2D eigenvalue weighted by molar-refractivity contribution is 5.68. The smallest absolute Gasteiger partial charge is 0.410 e. The quantitative estimate of drug-likeness (QED) is 0.681. The third-order valence-corrected chi connectivity index (χ3v) is 3.56. The number of carbonyl (C=O) groups is 2. The van der Waals surface area contributed by atoms with Crippen molar-refractivity contribution in [3.63, 3.8) is 0 Å². The van der Waals surface area contributed by atoms with Crippen molar-refractivity contribution in [2.24, 2.45) is 0 Å². The summed E-state index contributed by atoms with van der Waals surface area (Å²) in [6.07, 6.45) is 1.66. The van der Waals surface area contributed by atoms with E-state index in [0.717, 1.165) is 23.8 Å². The largest absolute Gasteiger partial charge is 0.444 e. The lowest BCUT2D eigenvalue weighted by atomic mass is 10.1. The summed E-state index contributed by atoms with van der Waals surface area (Å²) in [6.45, 7) is 8.44. The van der Waals surface area contributed by atoms with Gasteiger partial charge in [-0.1, -0.05) is 31.2 Å². The zero-order chi connectivity index (χ0) is 18.2. The zero-order valence-corrected chi connectivity index (χ0v) is 15.4. The van der Waals surface area contributed by atoms with E-state index in [-0.39, 0.29) is 12.1 Å². The lowest BCUT2D eigenvalue weighted by molar-refractivity contribution is -0.107. The van der Waals surface area contributed by atoms with E-state index in [4.69, 9.17) is 9.47 Å². The summed E-state index contributed by atoms with van der Waals surface area (Å²) in [5.74, 6) is 0. The van der Waals surface area contributed by atoms with Gasteiger partial charge < -0.3 is 14.3 Å². The van der Waals surface area contributed by atoms with Gasteiger partial charge in [0, 0.05) is 20.1 Å². The van der Waals surface area contributed by atoms with Gasteiger partial charge >= 0.3 is 6.09 Å². The van der Waals surface area contributed by atoms with Gasteiger partial charge in [0.25, 0.3) is 0 Å². The molecule has 1 atom stereocenters. The van der Waals surface area contributed by atoms with Crippen LogP contribution in [0, 0.1) is 0 Å². The second-order valence-corrected chi connectivity index (χ2v) is 6.82. The predicted molar refractivity (Wildman–Crippen MR) is 93.9 cm³/mol. The number of aldehydes is 1. The van der Waals surface area contributed by atoms with Crippen LogP contribution in [0.3, 0.4) is 0 Å². The first kappa shape index (κ1) is 20.2. The molecule has 24 heavy (non-hydrogen) atoms. The molecule has 0 fully saturated rings. The standard InChI is InChI=1S/C19H29NO4/c1-6-17(14-23-5)20(18(22)24-19(2,3)4)13-16-9-7-8-15(12-16)10-11-21/h7-9,11-12,17H,6,10,13-14H2,1-5H3. The van der Waals surface area contributed by atoms with Crippen LogP contribution >= 0.6 is 0 Å². The molecule has 0 saturated heterocycles. The van der Waals surface area contributed by atoms with Gasteiger partial charge in [-0.15, -0.1) is 0 Å². The van der Waals surface area contributed by atoms with Gasteiger partial charge in [-0.25, -0.2) is 4.79 Å². The van der Waals surface area contributed by atoms with Crippen LogP contribution in [0.5, 0.6) is 0 Å². The number of nitrogens with zero attached hydrogens (tertiary/aromatic N) is 1. The Morgan fingerprint density at radius 2 is 1.96 bits per heavy atom. The van der Waals surface area contributed by atoms with Crippen LogP contribution in [-0.2, 0) is 27.2 Å². The third kappa shape index (κ3) is 6.71. The minimum Gasteiger partial charge on any atom is -0.444 e. The monoisotopic (exact) mass is 335 g/mol. The first-order valence-corrected chi connectivity index (χ1v) is 8.30. The van der Waals surface area contributed by atoms with E-state index in [1.807, 2.05) is 52.0 Å². The van der Waals surface area contributed by atoms with Crippen LogP contribution in [0.2, 0.25) is 0 Å². The molecule has 0 aromatic heterocycles. The lowest BCUT2D eigenvalue weighted by Gasteiger charge is -2.33. The van der Waals surface area contributed by atoms with Crippen molar-refractivity contribution in [1.29, 1.82) is 0 Å². The van der Waals surface area contributed by atoms with Crippen LogP contribution in [-0.4, -0.2) is 42.6 Å². The van der Waals surface area contributed by atoms with Gasteiger partial charge in [-0.2, -0.15) is 0 Å². The van der Waals surface area contributed by atoms with Gasteiger partial charge in [0.05, 0.1) is 12.6 Å². The number of hydrogen-bond donors (Lipinski definition) is 0. The zero-order valence-electron chi connectivity index (χ0n) is 15.4. The number of methoxy groups -OCH3 is 1. The van der Waals surface area contributed by atoms with Crippen LogP contribution in [0.15, 0.2) is 24.3 Å². The van der Waals surface area contributed by atoms with Gasteiger partial charge in [0.15, 0.2) is 0 Å². The summed E-state index contributed by atoms with van der Waals surface area (Å²) in [6, 6.07) is 7.64. The lowest BCUT2D eigenvalue weighted by Crippen LogP contribution is -2.44. The molecule has 1 unspecified atom stereocenters. The number of ether oxygens (including phenoxy) is 2. The molecule has 0 aliphatic carbocycles. The molecule has 0 aliphatic rings. The van der Waals surface area contributed by atoms with Crippen molar-refractivity contribution in [1.82, 2.24) is 4.90 Å². The molecule has 0 saturated carbocycles. The molecular formula is C19H29NO4. The molecule has 1 aromatic carbocycles. The topological polar surface area (TPSA) is 55.8 Å². The maximum atomic E-state index is 12.6. The summed E-state index contributed by atoms with van der Waals surface area (Å²) in [4.78, 5) is 25.1. The predicted octanol–water partition coefficient (Wildman–Crippen LogP) is 3.59. The number of hydrogen-bond acceptors (Lipinski definition) is 4. The molecule has 0 radical (unpaired) electrons. The molecule has 0 heterocycles. The molecule has 0 spiro atoms. The minimum atomic E-state index is -0.555. The Morgan fingerprint density at radius 1 is 1.29 bits per heavy atom. The number of rotatable bonds is 8. The summed E-state index contributed by atoms with van der Waals surface area (Å²) < 4.78 is 10.8. The van der Waals surface area contributed by atoms with E-state index in [2.05, 4.69) is 0 Å². The highest BCUT2D eigenvalue weighted by Gasteiger charge is 2.27. The molecule has 1 rings (SSSR count). The fourth-order valence-electron chi connectivity index (χ4n) is 2.43. The third-order valence-electron chi connectivity index (χ3n) is 3.56. The summed E-state index contributed by atoms with van der Waals surface area (Å²) in [5, 5.41) is 0. The molecule has 0 N–H and O–H groups in total. The highest BCUT2D eigenvalue weighted by Crippen LogP contribution is 2.18. The Morgan fingerprint density at radius 3 is 2.50 bits per heavy atom.